The van der Waals surface area contributed by atoms with Gasteiger partial charge in [-0.15, -0.1) is 0 Å². The van der Waals surface area contributed by atoms with Gasteiger partial charge in [-0.25, -0.2) is 0 Å². The third-order valence-electron chi connectivity index (χ3n) is 4.45. The molecule has 0 aromatic rings. The van der Waals surface area contributed by atoms with Crippen LogP contribution < -0.4 is 10.5 Å². The molecule has 1 unspecified atom stereocenters. The average molecular weight is 319 g/mol. The Balaban J connectivity index is 1.68. The topological polar surface area (TPSA) is 84.7 Å². The van der Waals surface area contributed by atoms with Crippen LogP contribution in [0.1, 0.15) is 44.9 Å². The molecular weight excluding hydrogens is 290 g/mol. The van der Waals surface area contributed by atoms with E-state index in [1.807, 2.05) is 0 Å². The van der Waals surface area contributed by atoms with Gasteiger partial charge < -0.3 is 10.5 Å². The number of nitrogens with one attached hydrogen (secondary N) is 1. The number of nitrogens with two attached hydrogens (primary N) is 1. The van der Waals surface area contributed by atoms with Gasteiger partial charge in [-0.2, -0.15) is 17.4 Å². The van der Waals surface area contributed by atoms with E-state index in [0.29, 0.717) is 38.9 Å². The van der Waals surface area contributed by atoms with Crippen LogP contribution in [-0.2, 0) is 14.9 Å². The average Bonchev–Trinajstić information content (AvgIpc) is 2.53. The smallest absolute Gasteiger partial charge is 0.279 e. The third kappa shape index (κ3) is 5.49. The highest BCUT2D eigenvalue weighted by Gasteiger charge is 2.27. The van der Waals surface area contributed by atoms with Crippen molar-refractivity contribution in [3.05, 3.63) is 0 Å². The zero-order valence-corrected chi connectivity index (χ0v) is 13.6. The fourth-order valence-electron chi connectivity index (χ4n) is 3.16. The number of hydrogen-bond acceptors (Lipinski definition) is 4. The summed E-state index contributed by atoms with van der Waals surface area (Å²) in [5.41, 5.74) is 5.65. The summed E-state index contributed by atoms with van der Waals surface area (Å²) in [4.78, 5) is 0. The summed E-state index contributed by atoms with van der Waals surface area (Å²) in [5.74, 6) is 0.286. The normalized spacial score (nSPS) is 26.0. The molecule has 0 aromatic heterocycles. The maximum atomic E-state index is 12.2. The molecule has 124 valence electrons. The molecule has 1 saturated carbocycles. The second kappa shape index (κ2) is 8.43. The van der Waals surface area contributed by atoms with Gasteiger partial charge >= 0.3 is 0 Å². The maximum absolute atomic E-state index is 12.2. The largest absolute Gasteiger partial charge is 0.377 e. The van der Waals surface area contributed by atoms with Crippen LogP contribution in [0.15, 0.2) is 0 Å². The summed E-state index contributed by atoms with van der Waals surface area (Å²) in [7, 11) is -3.38. The number of hydrogen-bond donors (Lipinski definition) is 2. The second-order valence-electron chi connectivity index (χ2n) is 6.13. The monoisotopic (exact) mass is 319 g/mol. The van der Waals surface area contributed by atoms with E-state index in [2.05, 4.69) is 4.72 Å². The molecule has 1 aliphatic heterocycles. The molecule has 0 aromatic carbocycles. The molecule has 1 heterocycles. The van der Waals surface area contributed by atoms with Gasteiger partial charge in [0, 0.05) is 19.6 Å². The second-order valence-corrected chi connectivity index (χ2v) is 7.89. The van der Waals surface area contributed by atoms with Crippen LogP contribution in [0.4, 0.5) is 0 Å². The van der Waals surface area contributed by atoms with Gasteiger partial charge in [-0.3, -0.25) is 0 Å². The van der Waals surface area contributed by atoms with Crippen molar-refractivity contribution in [1.82, 2.24) is 9.03 Å². The van der Waals surface area contributed by atoms with E-state index in [4.69, 9.17) is 10.5 Å². The first-order valence-electron chi connectivity index (χ1n) is 8.18. The Morgan fingerprint density at radius 1 is 1.14 bits per heavy atom. The molecule has 6 nitrogen and oxygen atoms in total. The predicted molar refractivity (Wildman–Crippen MR) is 83.1 cm³/mol. The lowest BCUT2D eigenvalue weighted by Crippen LogP contribution is -2.47. The minimum atomic E-state index is -3.38. The van der Waals surface area contributed by atoms with E-state index in [9.17, 15) is 8.42 Å². The van der Waals surface area contributed by atoms with Gasteiger partial charge in [0.05, 0.1) is 12.7 Å². The van der Waals surface area contributed by atoms with Crippen LogP contribution in [-0.4, -0.2) is 51.6 Å². The van der Waals surface area contributed by atoms with Crippen molar-refractivity contribution < 1.29 is 13.2 Å². The minimum absolute atomic E-state index is 0.286. The van der Waals surface area contributed by atoms with E-state index in [-0.39, 0.29) is 5.92 Å². The highest BCUT2D eigenvalue weighted by Crippen LogP contribution is 2.20. The number of rotatable bonds is 7. The Labute approximate surface area is 128 Å². The molecule has 1 saturated heterocycles. The highest BCUT2D eigenvalue weighted by molar-refractivity contribution is 7.87. The molecule has 21 heavy (non-hydrogen) atoms. The molecular formula is C14H29N3O3S. The van der Waals surface area contributed by atoms with E-state index in [0.717, 1.165) is 25.7 Å². The Hall–Kier alpha value is -0.210. The maximum Gasteiger partial charge on any atom is 0.279 e. The van der Waals surface area contributed by atoms with E-state index < -0.39 is 10.2 Å². The minimum Gasteiger partial charge on any atom is -0.377 e. The molecule has 2 aliphatic rings. The van der Waals surface area contributed by atoms with Gasteiger partial charge in [0.15, 0.2) is 0 Å². The van der Waals surface area contributed by atoms with Gasteiger partial charge in [0.2, 0.25) is 0 Å². The first kappa shape index (κ1) is 17.1. The Kier molecular flexibility index (Phi) is 6.88. The predicted octanol–water partition coefficient (Wildman–Crippen LogP) is 0.841. The number of ether oxygens (including phenoxy) is 1. The van der Waals surface area contributed by atoms with Crippen molar-refractivity contribution in [3.63, 3.8) is 0 Å². The van der Waals surface area contributed by atoms with Gasteiger partial charge in [-0.05, 0) is 38.1 Å². The van der Waals surface area contributed by atoms with E-state index >= 15 is 0 Å². The third-order valence-corrected chi connectivity index (χ3v) is 6.03. The van der Waals surface area contributed by atoms with Crippen LogP contribution >= 0.6 is 0 Å². The summed E-state index contributed by atoms with van der Waals surface area (Å²) in [6.45, 7) is 2.49. The van der Waals surface area contributed by atoms with Crippen molar-refractivity contribution in [2.24, 2.45) is 11.7 Å². The zero-order chi connectivity index (χ0) is 15.1. The molecule has 0 spiro atoms. The van der Waals surface area contributed by atoms with Crippen molar-refractivity contribution >= 4 is 10.2 Å². The van der Waals surface area contributed by atoms with Crippen molar-refractivity contribution in [2.75, 3.05) is 32.8 Å². The van der Waals surface area contributed by atoms with Crippen LogP contribution in [0.3, 0.4) is 0 Å². The summed E-state index contributed by atoms with van der Waals surface area (Å²) in [5, 5.41) is 0. The fraction of sp³-hybridized carbons (Fsp3) is 1.00. The lowest BCUT2D eigenvalue weighted by atomic mass is 9.98. The van der Waals surface area contributed by atoms with Crippen LogP contribution in [0.2, 0.25) is 0 Å². The standard InChI is InChI=1S/C14H29N3O3S/c15-11-13-5-4-9-17(12-13)21(18,19)16-8-10-20-14-6-2-1-3-7-14/h13-14,16H,1-12,15H2. The zero-order valence-electron chi connectivity index (χ0n) is 12.8. The summed E-state index contributed by atoms with van der Waals surface area (Å²) < 4.78 is 34.3. The summed E-state index contributed by atoms with van der Waals surface area (Å²) >= 11 is 0. The molecule has 3 N–H and O–H groups in total. The molecule has 2 rings (SSSR count). The van der Waals surface area contributed by atoms with E-state index in [1.165, 1.54) is 23.6 Å². The quantitative estimate of drug-likeness (QED) is 0.681. The van der Waals surface area contributed by atoms with Crippen LogP contribution in [0.5, 0.6) is 0 Å². The first-order valence-corrected chi connectivity index (χ1v) is 9.62. The molecule has 0 radical (unpaired) electrons. The molecule has 7 heteroatoms. The molecule has 0 bridgehead atoms. The van der Waals surface area contributed by atoms with Gasteiger partial charge in [0.1, 0.15) is 0 Å². The Morgan fingerprint density at radius 2 is 1.90 bits per heavy atom. The SMILES string of the molecule is NCC1CCCN(S(=O)(=O)NCCOC2CCCCC2)C1. The summed E-state index contributed by atoms with van der Waals surface area (Å²) in [6, 6.07) is 0. The van der Waals surface area contributed by atoms with Gasteiger partial charge in [-0.1, -0.05) is 19.3 Å². The summed E-state index contributed by atoms with van der Waals surface area (Å²) in [6.07, 6.45) is 8.20. The van der Waals surface area contributed by atoms with Crippen molar-refractivity contribution in [1.29, 1.82) is 0 Å². The molecule has 1 atom stereocenters. The fourth-order valence-corrected chi connectivity index (χ4v) is 4.46. The first-order chi connectivity index (χ1) is 10.1. The molecule has 0 amide bonds. The number of nitrogens with zero attached hydrogens (tertiary/aromatic N) is 1. The molecule has 2 fully saturated rings. The Bertz CT molecular complexity index is 396. The number of piperidine rings is 1. The van der Waals surface area contributed by atoms with Gasteiger partial charge in [0.25, 0.3) is 10.2 Å². The van der Waals surface area contributed by atoms with E-state index in [1.54, 1.807) is 0 Å². The lowest BCUT2D eigenvalue weighted by molar-refractivity contribution is 0.0319. The molecule has 1 aliphatic carbocycles. The van der Waals surface area contributed by atoms with Crippen LogP contribution in [0, 0.1) is 5.92 Å². The highest BCUT2D eigenvalue weighted by atomic mass is 32.2. The Morgan fingerprint density at radius 3 is 2.62 bits per heavy atom. The van der Waals surface area contributed by atoms with Crippen molar-refractivity contribution in [2.45, 2.75) is 51.0 Å². The van der Waals surface area contributed by atoms with Crippen LogP contribution in [0.25, 0.3) is 0 Å². The van der Waals surface area contributed by atoms with Crippen molar-refractivity contribution in [3.8, 4) is 0 Å². The lowest BCUT2D eigenvalue weighted by Gasteiger charge is -2.31.